The summed E-state index contributed by atoms with van der Waals surface area (Å²) in [6.07, 6.45) is -0.0853. The second-order valence-corrected chi connectivity index (χ2v) is 10.8. The Morgan fingerprint density at radius 1 is 1.10 bits per heavy atom. The number of halogens is 1. The Morgan fingerprint density at radius 3 is 2.29 bits per heavy atom. The number of Topliss-reactive ketones (excluding diaryl/α,β-unsaturated/α-hetero) is 1. The van der Waals surface area contributed by atoms with Crippen molar-refractivity contribution in [1.29, 1.82) is 0 Å². The molecule has 1 fully saturated rings. The van der Waals surface area contributed by atoms with Crippen LogP contribution in [0.25, 0.3) is 0 Å². The molecule has 216 valence electrons. The van der Waals surface area contributed by atoms with E-state index in [9.17, 15) is 34.4 Å². The highest BCUT2D eigenvalue weighted by Gasteiger charge is 2.60. The SMILES string of the molecule is C[C@@H](O)[C@H]1C(=O)N2C(C(=O)OC(=O)c3ccc([N+](=O)[O-])cc3)=C(CN(C)CCCC(=O)c3ccc(Cl)cc3)[C@H](C)[C@H]12. The van der Waals surface area contributed by atoms with Crippen LogP contribution in [-0.4, -0.2) is 75.7 Å². The van der Waals surface area contributed by atoms with Gasteiger partial charge in [0.2, 0.25) is 5.91 Å². The summed E-state index contributed by atoms with van der Waals surface area (Å²) in [6, 6.07) is 10.8. The van der Waals surface area contributed by atoms with Gasteiger partial charge in [-0.1, -0.05) is 18.5 Å². The van der Waals surface area contributed by atoms with Gasteiger partial charge in [0.1, 0.15) is 5.70 Å². The van der Waals surface area contributed by atoms with Gasteiger partial charge in [-0.05, 0) is 68.9 Å². The topological polar surface area (TPSA) is 147 Å². The second-order valence-electron chi connectivity index (χ2n) is 10.4. The molecule has 12 heteroatoms. The average Bonchev–Trinajstić information content (AvgIpc) is 3.16. The van der Waals surface area contributed by atoms with Crippen molar-refractivity contribution in [3.8, 4) is 0 Å². The average molecular weight is 584 g/mol. The van der Waals surface area contributed by atoms with Crippen LogP contribution in [-0.2, 0) is 14.3 Å². The van der Waals surface area contributed by atoms with E-state index >= 15 is 0 Å². The number of esters is 2. The van der Waals surface area contributed by atoms with Crippen LogP contribution in [0, 0.1) is 22.0 Å². The lowest BCUT2D eigenvalue weighted by molar-refractivity contribution is -0.384. The molecule has 2 aliphatic rings. The number of β-lactam (4-membered cyclic amide) rings is 1. The van der Waals surface area contributed by atoms with Crippen molar-refractivity contribution in [1.82, 2.24) is 9.80 Å². The molecule has 0 radical (unpaired) electrons. The third kappa shape index (κ3) is 6.22. The molecule has 41 heavy (non-hydrogen) atoms. The number of non-ortho nitro benzene ring substituents is 1. The molecule has 0 aromatic heterocycles. The number of aliphatic hydroxyl groups is 1. The van der Waals surface area contributed by atoms with Crippen molar-refractivity contribution in [3.05, 3.63) is 86.1 Å². The molecule has 2 heterocycles. The minimum atomic E-state index is -1.01. The van der Waals surface area contributed by atoms with Crippen LogP contribution in [0.1, 0.15) is 47.4 Å². The van der Waals surface area contributed by atoms with Crippen LogP contribution >= 0.6 is 11.6 Å². The quantitative estimate of drug-likeness (QED) is 0.104. The molecule has 1 N–H and O–H groups in total. The molecule has 1 saturated heterocycles. The maximum atomic E-state index is 13.3. The fourth-order valence-electron chi connectivity index (χ4n) is 5.41. The van der Waals surface area contributed by atoms with Crippen LogP contribution in [0.2, 0.25) is 5.02 Å². The molecule has 2 aromatic rings. The molecule has 0 unspecified atom stereocenters. The summed E-state index contributed by atoms with van der Waals surface area (Å²) in [4.78, 5) is 64.9. The maximum absolute atomic E-state index is 13.3. The number of ketones is 1. The molecule has 4 atom stereocenters. The molecule has 0 aliphatic carbocycles. The summed E-state index contributed by atoms with van der Waals surface area (Å²) < 4.78 is 5.11. The van der Waals surface area contributed by atoms with Crippen molar-refractivity contribution in [3.63, 3.8) is 0 Å². The Balaban J connectivity index is 1.48. The third-order valence-electron chi connectivity index (χ3n) is 7.56. The number of likely N-dealkylation sites (N-methyl/N-ethyl adjacent to an activating group) is 1. The third-order valence-corrected chi connectivity index (χ3v) is 7.81. The van der Waals surface area contributed by atoms with E-state index in [1.807, 2.05) is 18.9 Å². The zero-order valence-corrected chi connectivity index (χ0v) is 23.5. The van der Waals surface area contributed by atoms with Gasteiger partial charge in [0.25, 0.3) is 5.69 Å². The molecular weight excluding hydrogens is 554 g/mol. The lowest BCUT2D eigenvalue weighted by atomic mass is 9.77. The Morgan fingerprint density at radius 2 is 1.71 bits per heavy atom. The fraction of sp³-hybridized carbons (Fsp3) is 0.379. The first-order valence-corrected chi connectivity index (χ1v) is 13.5. The van der Waals surface area contributed by atoms with Crippen molar-refractivity contribution in [2.24, 2.45) is 11.8 Å². The predicted molar refractivity (Wildman–Crippen MR) is 148 cm³/mol. The Labute approximate surface area is 241 Å². The van der Waals surface area contributed by atoms with Crippen molar-refractivity contribution in [2.75, 3.05) is 20.1 Å². The Kier molecular flexibility index (Phi) is 9.01. The first-order valence-electron chi connectivity index (χ1n) is 13.1. The van der Waals surface area contributed by atoms with E-state index in [-0.39, 0.29) is 35.2 Å². The zero-order valence-electron chi connectivity index (χ0n) is 22.8. The lowest BCUT2D eigenvalue weighted by Gasteiger charge is -2.46. The van der Waals surface area contributed by atoms with Crippen molar-refractivity contribution >= 4 is 40.9 Å². The monoisotopic (exact) mass is 583 g/mol. The predicted octanol–water partition coefficient (Wildman–Crippen LogP) is 3.64. The van der Waals surface area contributed by atoms with Crippen molar-refractivity contribution in [2.45, 2.75) is 38.8 Å². The minimum absolute atomic E-state index is 0.0212. The first kappa shape index (κ1) is 30.0. The van der Waals surface area contributed by atoms with Gasteiger partial charge in [0, 0.05) is 41.6 Å². The number of aliphatic hydroxyl groups excluding tert-OH is 1. The fourth-order valence-corrected chi connectivity index (χ4v) is 5.54. The molecule has 4 rings (SSSR count). The van der Waals surface area contributed by atoms with Crippen molar-refractivity contribution < 1.29 is 33.9 Å². The van der Waals surface area contributed by atoms with Gasteiger partial charge in [0.15, 0.2) is 5.78 Å². The van der Waals surface area contributed by atoms with E-state index in [1.54, 1.807) is 24.3 Å². The first-order chi connectivity index (χ1) is 19.4. The molecule has 2 aliphatic heterocycles. The molecule has 1 amide bonds. The summed E-state index contributed by atoms with van der Waals surface area (Å²) in [7, 11) is 1.82. The van der Waals surface area contributed by atoms with Gasteiger partial charge in [-0.25, -0.2) is 9.59 Å². The molecule has 2 aromatic carbocycles. The number of ether oxygens (including phenoxy) is 1. The highest BCUT2D eigenvalue weighted by molar-refractivity contribution is 6.30. The van der Waals surface area contributed by atoms with E-state index in [4.69, 9.17) is 16.3 Å². The summed E-state index contributed by atoms with van der Waals surface area (Å²) in [5.74, 6) is -3.48. The van der Waals surface area contributed by atoms with Crippen LogP contribution < -0.4 is 0 Å². The van der Waals surface area contributed by atoms with E-state index in [1.165, 1.54) is 24.0 Å². The van der Waals surface area contributed by atoms with Crippen LogP contribution in [0.15, 0.2) is 59.8 Å². The number of nitro benzene ring substituents is 1. The van der Waals surface area contributed by atoms with Gasteiger partial charge in [-0.2, -0.15) is 0 Å². The number of fused-ring (bicyclic) bond motifs is 1. The number of carbonyl (C=O) groups excluding carboxylic acids is 4. The highest BCUT2D eigenvalue weighted by Crippen LogP contribution is 2.47. The minimum Gasteiger partial charge on any atom is -0.393 e. The number of benzene rings is 2. The summed E-state index contributed by atoms with van der Waals surface area (Å²) in [6.45, 7) is 4.15. The molecular formula is C29H30ClN3O8. The van der Waals surface area contributed by atoms with E-state index in [0.717, 1.165) is 12.1 Å². The van der Waals surface area contributed by atoms with E-state index in [0.29, 0.717) is 35.5 Å². The number of hydrogen-bond donors (Lipinski definition) is 1. The van der Waals surface area contributed by atoms with Crippen LogP contribution in [0.5, 0.6) is 0 Å². The number of hydrogen-bond acceptors (Lipinski definition) is 9. The Hall–Kier alpha value is -3.93. The van der Waals surface area contributed by atoms with Gasteiger partial charge >= 0.3 is 11.9 Å². The lowest BCUT2D eigenvalue weighted by Crippen LogP contribution is -2.63. The van der Waals surface area contributed by atoms with Crippen LogP contribution in [0.3, 0.4) is 0 Å². The maximum Gasteiger partial charge on any atom is 0.362 e. The van der Waals surface area contributed by atoms with Gasteiger partial charge in [-0.3, -0.25) is 19.7 Å². The number of carbonyl (C=O) groups is 4. The summed E-state index contributed by atoms with van der Waals surface area (Å²) in [5, 5.41) is 21.6. The van der Waals surface area contributed by atoms with Gasteiger partial charge in [-0.15, -0.1) is 0 Å². The highest BCUT2D eigenvalue weighted by atomic mass is 35.5. The molecule has 0 spiro atoms. The molecule has 11 nitrogen and oxygen atoms in total. The normalized spacial score (nSPS) is 20.5. The van der Waals surface area contributed by atoms with Crippen LogP contribution in [0.4, 0.5) is 5.69 Å². The van der Waals surface area contributed by atoms with Gasteiger partial charge in [0.05, 0.1) is 28.6 Å². The number of nitrogens with zero attached hydrogens (tertiary/aromatic N) is 3. The van der Waals surface area contributed by atoms with Gasteiger partial charge < -0.3 is 19.6 Å². The Bertz CT molecular complexity index is 1400. The number of nitro groups is 1. The number of rotatable bonds is 11. The van der Waals surface area contributed by atoms with E-state index < -0.39 is 40.8 Å². The smallest absolute Gasteiger partial charge is 0.362 e. The van der Waals surface area contributed by atoms with E-state index in [2.05, 4.69) is 0 Å². The molecule has 0 bridgehead atoms. The second kappa shape index (κ2) is 12.3. The summed E-state index contributed by atoms with van der Waals surface area (Å²) in [5.41, 5.74) is 0.828. The zero-order chi connectivity index (χ0) is 30.0. The molecule has 0 saturated carbocycles. The largest absolute Gasteiger partial charge is 0.393 e. The summed E-state index contributed by atoms with van der Waals surface area (Å²) >= 11 is 5.89. The standard InChI is InChI=1S/C29H30ClN3O8/c1-16-22(15-31(3)14-4-5-23(35)18-6-10-20(30)11-7-18)26(32-25(16)24(17(2)34)27(32)36)29(38)41-28(37)19-8-12-21(13-9-19)33(39)40/h6-13,16-17,24-25,34H,4-5,14-15H2,1-3H3/t16-,17+,24+,25+/m0/s1. The number of amides is 1.